The van der Waals surface area contributed by atoms with E-state index in [0.717, 1.165) is 42.6 Å². The highest BCUT2D eigenvalue weighted by atomic mass is 32.1. The molecule has 2 aromatic rings. The number of aromatic nitrogens is 3. The largest absolute Gasteiger partial charge is 0.386 e. The van der Waals surface area contributed by atoms with E-state index >= 15 is 0 Å². The van der Waals surface area contributed by atoms with E-state index in [-0.39, 0.29) is 0 Å². The molecule has 22 heavy (non-hydrogen) atoms. The minimum absolute atomic E-state index is 0.399. The van der Waals surface area contributed by atoms with Gasteiger partial charge < -0.3 is 14.7 Å². The second-order valence-electron chi connectivity index (χ2n) is 5.50. The number of ether oxygens (including phenoxy) is 1. The lowest BCUT2D eigenvalue weighted by Gasteiger charge is -2.20. The Morgan fingerprint density at radius 1 is 1.45 bits per heavy atom. The first kappa shape index (κ1) is 15.3. The van der Waals surface area contributed by atoms with Crippen LogP contribution in [0.2, 0.25) is 0 Å². The average Bonchev–Trinajstić information content (AvgIpc) is 3.06. The quantitative estimate of drug-likeness (QED) is 0.908. The Morgan fingerprint density at radius 3 is 3.00 bits per heavy atom. The van der Waals surface area contributed by atoms with Gasteiger partial charge >= 0.3 is 0 Å². The van der Waals surface area contributed by atoms with E-state index in [4.69, 9.17) is 4.74 Å². The third-order valence-corrected chi connectivity index (χ3v) is 4.70. The molecule has 0 aromatic carbocycles. The lowest BCUT2D eigenvalue weighted by molar-refractivity contribution is 0.0838. The molecule has 2 aromatic heterocycles. The topological polar surface area (TPSA) is 71.4 Å². The summed E-state index contributed by atoms with van der Waals surface area (Å²) in [7, 11) is 1.92. The van der Waals surface area contributed by atoms with E-state index in [0.29, 0.717) is 12.5 Å². The van der Waals surface area contributed by atoms with Crippen LogP contribution < -0.4 is 4.90 Å². The predicted molar refractivity (Wildman–Crippen MR) is 85.2 cm³/mol. The van der Waals surface area contributed by atoms with Crippen LogP contribution in [-0.4, -0.2) is 46.3 Å². The van der Waals surface area contributed by atoms with Crippen molar-refractivity contribution in [3.05, 3.63) is 35.9 Å². The Bertz CT molecular complexity index is 586. The van der Waals surface area contributed by atoms with Crippen LogP contribution >= 0.6 is 11.5 Å². The minimum atomic E-state index is -0.589. The summed E-state index contributed by atoms with van der Waals surface area (Å²) in [5.41, 5.74) is 0.809. The number of rotatable bonds is 5. The van der Waals surface area contributed by atoms with Crippen LogP contribution in [0, 0.1) is 0 Å². The maximum Gasteiger partial charge on any atom is 0.205 e. The normalized spacial score (nSPS) is 17.4. The van der Waals surface area contributed by atoms with Gasteiger partial charge in [-0.1, -0.05) is 6.07 Å². The van der Waals surface area contributed by atoms with Gasteiger partial charge in [0, 0.05) is 55.7 Å². The molecule has 1 N–H and O–H groups in total. The highest BCUT2D eigenvalue weighted by Gasteiger charge is 2.22. The maximum absolute atomic E-state index is 10.3. The molecule has 0 radical (unpaired) electrons. The molecule has 1 atom stereocenters. The van der Waals surface area contributed by atoms with Crippen LogP contribution in [0.3, 0.4) is 0 Å². The van der Waals surface area contributed by atoms with E-state index in [1.807, 2.05) is 24.1 Å². The molecule has 0 bridgehead atoms. The predicted octanol–water partition coefficient (Wildman–Crippen LogP) is 2.00. The van der Waals surface area contributed by atoms with Crippen molar-refractivity contribution in [1.82, 2.24) is 14.3 Å². The summed E-state index contributed by atoms with van der Waals surface area (Å²) in [6.45, 7) is 2.04. The zero-order chi connectivity index (χ0) is 15.4. The molecule has 3 heterocycles. The number of likely N-dealkylation sites (N-methyl/N-ethyl adjacent to an activating group) is 1. The summed E-state index contributed by atoms with van der Waals surface area (Å²) in [5.74, 6) is 1.31. The summed E-state index contributed by atoms with van der Waals surface area (Å²) in [6, 6.07) is 3.70. The van der Waals surface area contributed by atoms with Crippen LogP contribution in [0.5, 0.6) is 0 Å². The molecule has 1 fully saturated rings. The minimum Gasteiger partial charge on any atom is -0.386 e. The van der Waals surface area contributed by atoms with Crippen LogP contribution in [0.4, 0.5) is 5.13 Å². The Balaban J connectivity index is 1.62. The van der Waals surface area contributed by atoms with Crippen molar-refractivity contribution in [2.45, 2.75) is 24.9 Å². The molecule has 7 heteroatoms. The number of hydrogen-bond donors (Lipinski definition) is 1. The van der Waals surface area contributed by atoms with Crippen LogP contribution in [0.25, 0.3) is 0 Å². The van der Waals surface area contributed by atoms with Crippen molar-refractivity contribution in [2.24, 2.45) is 0 Å². The Labute approximate surface area is 134 Å². The summed E-state index contributed by atoms with van der Waals surface area (Å²) in [5, 5.41) is 11.1. The van der Waals surface area contributed by atoms with Crippen LogP contribution in [0.15, 0.2) is 24.5 Å². The molecular formula is C15H20N4O2S. The van der Waals surface area contributed by atoms with Crippen LogP contribution in [-0.2, 0) is 4.74 Å². The molecule has 3 rings (SSSR count). The van der Waals surface area contributed by atoms with Crippen molar-refractivity contribution in [3.8, 4) is 0 Å². The van der Waals surface area contributed by atoms with Crippen molar-refractivity contribution >= 4 is 16.7 Å². The average molecular weight is 320 g/mol. The molecule has 0 amide bonds. The molecular weight excluding hydrogens is 300 g/mol. The summed E-state index contributed by atoms with van der Waals surface area (Å²) in [4.78, 5) is 10.6. The Hall–Kier alpha value is -1.57. The monoisotopic (exact) mass is 320 g/mol. The molecule has 0 saturated carbocycles. The van der Waals surface area contributed by atoms with Crippen LogP contribution in [0.1, 0.15) is 36.3 Å². The number of anilines is 1. The smallest absolute Gasteiger partial charge is 0.205 e. The van der Waals surface area contributed by atoms with Gasteiger partial charge in [-0.2, -0.15) is 4.37 Å². The van der Waals surface area contributed by atoms with E-state index in [1.165, 1.54) is 11.5 Å². The molecule has 1 aliphatic rings. The number of aliphatic hydroxyl groups is 1. The van der Waals surface area contributed by atoms with E-state index in [9.17, 15) is 5.11 Å². The summed E-state index contributed by atoms with van der Waals surface area (Å²) >= 11 is 1.39. The van der Waals surface area contributed by atoms with Crippen molar-refractivity contribution in [1.29, 1.82) is 0 Å². The highest BCUT2D eigenvalue weighted by Crippen LogP contribution is 2.28. The molecule has 118 valence electrons. The second kappa shape index (κ2) is 7.13. The SMILES string of the molecule is CN(CC(O)c1cccnc1)c1nc(C2CCOCC2)ns1. The molecule has 0 aliphatic carbocycles. The van der Waals surface area contributed by atoms with Gasteiger partial charge in [0.05, 0.1) is 12.6 Å². The Kier molecular flexibility index (Phi) is 4.97. The standard InChI is InChI=1S/C15H20N4O2S/c1-19(10-13(20)12-3-2-6-16-9-12)15-17-14(18-22-15)11-4-7-21-8-5-11/h2-3,6,9,11,13,20H,4-5,7-8,10H2,1H3. The number of nitrogens with zero attached hydrogens (tertiary/aromatic N) is 4. The van der Waals surface area contributed by atoms with Gasteiger partial charge in [-0.15, -0.1) is 0 Å². The van der Waals surface area contributed by atoms with Gasteiger partial charge in [0.25, 0.3) is 0 Å². The van der Waals surface area contributed by atoms with Gasteiger partial charge in [0.1, 0.15) is 5.82 Å². The van der Waals surface area contributed by atoms with Gasteiger partial charge in [-0.3, -0.25) is 4.98 Å². The first-order valence-electron chi connectivity index (χ1n) is 7.44. The third-order valence-electron chi connectivity index (χ3n) is 3.86. The van der Waals surface area contributed by atoms with E-state index in [2.05, 4.69) is 14.3 Å². The first-order chi connectivity index (χ1) is 10.7. The van der Waals surface area contributed by atoms with Crippen molar-refractivity contribution in [2.75, 3.05) is 31.7 Å². The lowest BCUT2D eigenvalue weighted by Crippen LogP contribution is -2.24. The third kappa shape index (κ3) is 3.60. The molecule has 0 spiro atoms. The van der Waals surface area contributed by atoms with Gasteiger partial charge in [-0.05, 0) is 18.9 Å². The van der Waals surface area contributed by atoms with E-state index in [1.54, 1.807) is 12.4 Å². The number of hydrogen-bond acceptors (Lipinski definition) is 7. The van der Waals surface area contributed by atoms with Gasteiger partial charge in [0.2, 0.25) is 5.13 Å². The molecule has 1 aliphatic heterocycles. The number of aliphatic hydroxyl groups excluding tert-OH is 1. The lowest BCUT2D eigenvalue weighted by atomic mass is 10.00. The molecule has 1 saturated heterocycles. The van der Waals surface area contributed by atoms with Crippen molar-refractivity contribution < 1.29 is 9.84 Å². The fraction of sp³-hybridized carbons (Fsp3) is 0.533. The number of pyridine rings is 1. The highest BCUT2D eigenvalue weighted by molar-refractivity contribution is 7.09. The fourth-order valence-electron chi connectivity index (χ4n) is 2.52. The fourth-order valence-corrected chi connectivity index (χ4v) is 3.23. The van der Waals surface area contributed by atoms with Gasteiger partial charge in [-0.25, -0.2) is 4.98 Å². The summed E-state index contributed by atoms with van der Waals surface area (Å²) in [6.07, 6.45) is 4.77. The van der Waals surface area contributed by atoms with Gasteiger partial charge in [0.15, 0.2) is 0 Å². The summed E-state index contributed by atoms with van der Waals surface area (Å²) < 4.78 is 9.86. The molecule has 1 unspecified atom stereocenters. The van der Waals surface area contributed by atoms with E-state index < -0.39 is 6.10 Å². The van der Waals surface area contributed by atoms with Crippen molar-refractivity contribution in [3.63, 3.8) is 0 Å². The molecule has 6 nitrogen and oxygen atoms in total. The Morgan fingerprint density at radius 2 is 2.27 bits per heavy atom. The zero-order valence-corrected chi connectivity index (χ0v) is 13.4. The maximum atomic E-state index is 10.3. The zero-order valence-electron chi connectivity index (χ0n) is 12.6. The first-order valence-corrected chi connectivity index (χ1v) is 8.22. The second-order valence-corrected chi connectivity index (χ2v) is 6.23.